The van der Waals surface area contributed by atoms with E-state index in [9.17, 15) is 0 Å². The van der Waals surface area contributed by atoms with Crippen LogP contribution < -0.4 is 5.32 Å². The molecule has 1 N–H and O–H groups in total. The van der Waals surface area contributed by atoms with E-state index in [2.05, 4.69) is 87.1 Å². The topological polar surface area (TPSA) is 30.9 Å². The second-order valence-electron chi connectivity index (χ2n) is 7.24. The van der Waals surface area contributed by atoms with Gasteiger partial charge in [0.2, 0.25) is 0 Å². The molecule has 0 saturated heterocycles. The summed E-state index contributed by atoms with van der Waals surface area (Å²) in [6.45, 7) is 17.8. The summed E-state index contributed by atoms with van der Waals surface area (Å²) in [4.78, 5) is 2.15. The van der Waals surface area contributed by atoms with Gasteiger partial charge in [0, 0.05) is 58.9 Å². The average Bonchev–Trinajstić information content (AvgIpc) is 2.59. The molecule has 0 unspecified atom stereocenters. The summed E-state index contributed by atoms with van der Waals surface area (Å²) >= 11 is 0. The minimum absolute atomic E-state index is 0. The molecule has 0 spiro atoms. The summed E-state index contributed by atoms with van der Waals surface area (Å²) in [5, 5.41) is 9.41. The second-order valence-corrected chi connectivity index (χ2v) is 7.24. The van der Waals surface area contributed by atoms with Gasteiger partial charge in [-0.05, 0) is 24.0 Å². The summed E-state index contributed by atoms with van der Waals surface area (Å²) in [6, 6.07) is 8.63. The van der Waals surface area contributed by atoms with Crippen LogP contribution in [-0.2, 0) is 39.1 Å². The average molecular weight is 440 g/mol. The van der Waals surface area contributed by atoms with Crippen LogP contribution in [0.5, 0.6) is 0 Å². The van der Waals surface area contributed by atoms with Gasteiger partial charge in [-0.25, -0.2) is 6.54 Å². The summed E-state index contributed by atoms with van der Waals surface area (Å²) in [5.41, 5.74) is 5.64. The zero-order valence-corrected chi connectivity index (χ0v) is 20.1. The molecule has 0 bridgehead atoms. The van der Waals surface area contributed by atoms with Crippen molar-refractivity contribution in [2.75, 3.05) is 20.6 Å². The third-order valence-corrected chi connectivity index (χ3v) is 4.45. The number of hydrazone groups is 1. The molecular weight excluding hydrogens is 409 g/mol. The Labute approximate surface area is 190 Å². The molecule has 0 atom stereocenters. The summed E-state index contributed by atoms with van der Waals surface area (Å²) < 4.78 is 0. The van der Waals surface area contributed by atoms with E-state index in [-0.39, 0.29) is 32.7 Å². The van der Waals surface area contributed by atoms with Crippen LogP contribution in [0.25, 0.3) is 5.57 Å². The fourth-order valence-electron chi connectivity index (χ4n) is 2.95. The molecule has 143 valence electrons. The van der Waals surface area contributed by atoms with E-state index in [1.54, 1.807) is 0 Å². The fourth-order valence-corrected chi connectivity index (χ4v) is 2.95. The summed E-state index contributed by atoms with van der Waals surface area (Å²) in [7, 11) is 3.98. The van der Waals surface area contributed by atoms with Gasteiger partial charge in [-0.3, -0.25) is 5.01 Å². The van der Waals surface area contributed by atoms with Gasteiger partial charge >= 0.3 is 0 Å². The van der Waals surface area contributed by atoms with Crippen molar-refractivity contribution in [1.29, 1.82) is 0 Å². The molecule has 1 aliphatic rings. The van der Waals surface area contributed by atoms with Crippen LogP contribution in [0.4, 0.5) is 0 Å². The Morgan fingerprint density at radius 1 is 1.30 bits per heavy atom. The summed E-state index contributed by atoms with van der Waals surface area (Å²) in [6.07, 6.45) is 2.73. The van der Waals surface area contributed by atoms with Crippen molar-refractivity contribution < 1.29 is 32.7 Å². The SMILES string of the molecule is C=C(N[CH-]Cc1ccc(C2=C(C)C=NN(C)C2=C)cc1)N(C)CC(C)C.[Y]. The Bertz CT molecular complexity index is 716. The molecule has 5 heteroatoms. The van der Waals surface area contributed by atoms with E-state index in [1.807, 2.05) is 18.3 Å². The van der Waals surface area contributed by atoms with E-state index in [1.165, 1.54) is 11.1 Å². The van der Waals surface area contributed by atoms with Crippen LogP contribution in [0.15, 0.2) is 59.6 Å². The van der Waals surface area contributed by atoms with Crippen LogP contribution >= 0.6 is 0 Å². The number of benzene rings is 1. The molecule has 1 aromatic rings. The number of likely N-dealkylation sites (N-methyl/N-ethyl adjacent to an activating group) is 1. The van der Waals surface area contributed by atoms with Crippen molar-refractivity contribution in [2.24, 2.45) is 11.0 Å². The van der Waals surface area contributed by atoms with E-state index in [4.69, 9.17) is 0 Å². The van der Waals surface area contributed by atoms with Gasteiger partial charge < -0.3 is 10.2 Å². The van der Waals surface area contributed by atoms with Crippen molar-refractivity contribution in [1.82, 2.24) is 15.2 Å². The molecule has 4 nitrogen and oxygen atoms in total. The van der Waals surface area contributed by atoms with E-state index >= 15 is 0 Å². The molecule has 0 amide bonds. The molecule has 1 aliphatic heterocycles. The molecule has 2 rings (SSSR count). The smallest absolute Gasteiger partial charge is 0.0639 e. The van der Waals surface area contributed by atoms with Crippen molar-refractivity contribution in [3.63, 3.8) is 0 Å². The fraction of sp³-hybridized carbons (Fsp3) is 0.364. The second kappa shape index (κ2) is 10.8. The third kappa shape index (κ3) is 6.62. The van der Waals surface area contributed by atoms with Crippen molar-refractivity contribution >= 4 is 11.8 Å². The van der Waals surface area contributed by atoms with Crippen LogP contribution in [-0.4, -0.2) is 36.8 Å². The number of allylic oxidation sites excluding steroid dienone is 2. The first kappa shape index (κ1) is 23.7. The molecule has 0 aliphatic carbocycles. The Hall–Kier alpha value is -1.39. The van der Waals surface area contributed by atoms with Crippen LogP contribution in [0, 0.1) is 12.5 Å². The van der Waals surface area contributed by atoms with Crippen LogP contribution in [0.3, 0.4) is 0 Å². The van der Waals surface area contributed by atoms with E-state index in [0.29, 0.717) is 5.92 Å². The third-order valence-electron chi connectivity index (χ3n) is 4.45. The molecule has 1 aromatic carbocycles. The maximum atomic E-state index is 4.30. The summed E-state index contributed by atoms with van der Waals surface area (Å²) in [5.74, 6) is 1.54. The quantitative estimate of drug-likeness (QED) is 0.613. The van der Waals surface area contributed by atoms with Gasteiger partial charge in [-0.1, -0.05) is 56.8 Å². The van der Waals surface area contributed by atoms with Crippen molar-refractivity contribution in [2.45, 2.75) is 27.2 Å². The normalized spacial score (nSPS) is 13.7. The predicted octanol–water partition coefficient (Wildman–Crippen LogP) is 4.26. The molecule has 0 saturated carbocycles. The Balaban J connectivity index is 0.00000364. The number of nitrogens with one attached hydrogen (secondary N) is 1. The monoisotopic (exact) mass is 440 g/mol. The largest absolute Gasteiger partial charge is 0.522 e. The standard InChI is InChI=1S/C22H31N4.Y/c1-16(2)15-25(6)19(5)23-13-12-20-8-10-21(11-9-20)22-17(3)14-24-26(7)18(22)4;/h8-11,13-14,16,23H,4-5,12,15H2,1-3,6-7H3;/q-1;. The maximum absolute atomic E-state index is 4.30. The van der Waals surface area contributed by atoms with E-state index < -0.39 is 0 Å². The van der Waals surface area contributed by atoms with Gasteiger partial charge in [-0.15, -0.1) is 6.42 Å². The van der Waals surface area contributed by atoms with E-state index in [0.717, 1.165) is 35.6 Å². The van der Waals surface area contributed by atoms with Gasteiger partial charge in [0.25, 0.3) is 0 Å². The predicted molar refractivity (Wildman–Crippen MR) is 112 cm³/mol. The minimum Gasteiger partial charge on any atom is -0.522 e. The van der Waals surface area contributed by atoms with Crippen LogP contribution in [0.2, 0.25) is 0 Å². The van der Waals surface area contributed by atoms with Gasteiger partial charge in [0.1, 0.15) is 0 Å². The Morgan fingerprint density at radius 2 is 1.93 bits per heavy atom. The van der Waals surface area contributed by atoms with Gasteiger partial charge in [0.15, 0.2) is 0 Å². The molecule has 0 aromatic heterocycles. The molecule has 0 fully saturated rings. The van der Waals surface area contributed by atoms with Gasteiger partial charge in [0.05, 0.1) is 17.7 Å². The number of hydrogen-bond donors (Lipinski definition) is 1. The number of rotatable bonds is 8. The van der Waals surface area contributed by atoms with Gasteiger partial charge in [-0.2, -0.15) is 5.10 Å². The molecule has 1 radical (unpaired) electrons. The minimum atomic E-state index is 0. The zero-order valence-electron chi connectivity index (χ0n) is 17.3. The molecule has 27 heavy (non-hydrogen) atoms. The first-order valence-corrected chi connectivity index (χ1v) is 9.05. The number of nitrogens with zero attached hydrogens (tertiary/aromatic N) is 3. The first-order chi connectivity index (χ1) is 12.3. The van der Waals surface area contributed by atoms with Crippen molar-refractivity contribution in [3.05, 3.63) is 72.2 Å². The maximum Gasteiger partial charge on any atom is 0.0639 e. The zero-order chi connectivity index (χ0) is 19.3. The Morgan fingerprint density at radius 3 is 2.52 bits per heavy atom. The molecular formula is C22H31N4Y-. The van der Waals surface area contributed by atoms with Crippen molar-refractivity contribution in [3.8, 4) is 0 Å². The number of hydrogen-bond acceptors (Lipinski definition) is 4. The molecule has 1 heterocycles. The van der Waals surface area contributed by atoms with Crippen LogP contribution in [0.1, 0.15) is 31.9 Å². The Kier molecular flexibility index (Phi) is 9.48. The first-order valence-electron chi connectivity index (χ1n) is 9.05.